The van der Waals surface area contributed by atoms with Gasteiger partial charge < -0.3 is 14.9 Å². The molecule has 188 valence electrons. The smallest absolute Gasteiger partial charge is 0.306 e. The number of carbonyl (C=O) groups is 3. The largest absolute Gasteiger partial charge is 0.450 e. The Labute approximate surface area is 198 Å². The predicted molar refractivity (Wildman–Crippen MR) is 119 cm³/mol. The van der Waals surface area contributed by atoms with Crippen molar-refractivity contribution < 1.29 is 38.1 Å². The Hall–Kier alpha value is -1.93. The van der Waals surface area contributed by atoms with Crippen molar-refractivity contribution in [3.05, 3.63) is 23.6 Å². The zero-order valence-electron chi connectivity index (χ0n) is 20.1. The monoisotopic (exact) mass is 480 g/mol. The molecular weight excluding hydrogens is 446 g/mol. The lowest BCUT2D eigenvalue weighted by atomic mass is 9.45. The summed E-state index contributed by atoms with van der Waals surface area (Å²) < 4.78 is 36.3. The van der Waals surface area contributed by atoms with Crippen LogP contribution in [0.2, 0.25) is 0 Å². The summed E-state index contributed by atoms with van der Waals surface area (Å²) in [5.74, 6) is -4.90. The Balaban J connectivity index is 1.83. The summed E-state index contributed by atoms with van der Waals surface area (Å²) >= 11 is 0. The third-order valence-electron chi connectivity index (χ3n) is 9.38. The van der Waals surface area contributed by atoms with E-state index in [9.17, 15) is 29.0 Å². The van der Waals surface area contributed by atoms with E-state index >= 15 is 4.39 Å². The van der Waals surface area contributed by atoms with E-state index in [0.29, 0.717) is 12.8 Å². The molecule has 4 rings (SSSR count). The van der Waals surface area contributed by atoms with Gasteiger partial charge in [-0.3, -0.25) is 14.4 Å². The molecule has 3 fully saturated rings. The molecule has 4 aliphatic rings. The lowest BCUT2D eigenvalue weighted by Gasteiger charge is -2.60. The third kappa shape index (κ3) is 3.13. The van der Waals surface area contributed by atoms with Crippen LogP contribution in [0.3, 0.4) is 0 Å². The Morgan fingerprint density at radius 2 is 1.94 bits per heavy atom. The van der Waals surface area contributed by atoms with Gasteiger partial charge >= 0.3 is 5.97 Å². The fourth-order valence-corrected chi connectivity index (χ4v) is 8.17. The predicted octanol–water partition coefficient (Wildman–Crippen LogP) is 3.40. The van der Waals surface area contributed by atoms with Crippen LogP contribution in [0.1, 0.15) is 59.8 Å². The SMILES string of the molecule is CCCC(=O)O[C@@]1(C(=O)CO)[C@@H](C)C[C@H]2[C@@H]3C[C@H](F)C4=C(F)C(=O)C=C[C@]4(C)[C@H]3[C@@H](O)C[C@@]21C. The standard InChI is InChI=1S/C26H34F2O6/c1-5-6-20(33)34-26(19(32)12-29)13(2)9-15-14-10-16(27)22-23(28)17(30)7-8-24(22,3)21(14)18(31)11-25(15,26)4/h7-8,13-16,18,21,29,31H,5-6,9-12H2,1-4H3/t13-,14-,15-,16-,18-,21+,24+,25-,26+/m0/s1. The number of aliphatic hydroxyl groups excluding tert-OH is 2. The van der Waals surface area contributed by atoms with Crippen LogP contribution in [0, 0.1) is 34.5 Å². The highest BCUT2D eigenvalue weighted by Crippen LogP contribution is 2.69. The molecule has 0 aliphatic heterocycles. The minimum atomic E-state index is -1.71. The fourth-order valence-electron chi connectivity index (χ4n) is 8.17. The van der Waals surface area contributed by atoms with Gasteiger partial charge in [0.1, 0.15) is 12.8 Å². The minimum absolute atomic E-state index is 0.0670. The molecule has 9 atom stereocenters. The number of Topliss-reactive ketones (excluding diaryl/α,β-unsaturated/α-hetero) is 1. The summed E-state index contributed by atoms with van der Waals surface area (Å²) in [7, 11) is 0. The Kier molecular flexibility index (Phi) is 6.17. The molecule has 6 nitrogen and oxygen atoms in total. The second-order valence-corrected chi connectivity index (χ2v) is 11.1. The highest BCUT2D eigenvalue weighted by atomic mass is 19.1. The summed E-state index contributed by atoms with van der Waals surface area (Å²) in [5.41, 5.74) is -4.07. The first-order chi connectivity index (χ1) is 15.9. The summed E-state index contributed by atoms with van der Waals surface area (Å²) in [6.45, 7) is 6.24. The van der Waals surface area contributed by atoms with Crippen molar-refractivity contribution in [1.82, 2.24) is 0 Å². The topological polar surface area (TPSA) is 101 Å². The van der Waals surface area contributed by atoms with Gasteiger partial charge in [0.2, 0.25) is 11.6 Å². The van der Waals surface area contributed by atoms with E-state index in [1.807, 2.05) is 6.92 Å². The Bertz CT molecular complexity index is 974. The van der Waals surface area contributed by atoms with Gasteiger partial charge in [0.15, 0.2) is 11.4 Å². The van der Waals surface area contributed by atoms with Crippen molar-refractivity contribution >= 4 is 17.5 Å². The first kappa shape index (κ1) is 25.2. The van der Waals surface area contributed by atoms with Crippen LogP contribution in [-0.2, 0) is 19.1 Å². The van der Waals surface area contributed by atoms with Crippen LogP contribution in [0.15, 0.2) is 23.6 Å². The average molecular weight is 481 g/mol. The second kappa shape index (κ2) is 8.33. The molecule has 4 aliphatic carbocycles. The van der Waals surface area contributed by atoms with Crippen LogP contribution < -0.4 is 0 Å². The van der Waals surface area contributed by atoms with E-state index in [1.165, 1.54) is 6.08 Å². The number of ketones is 2. The summed E-state index contributed by atoms with van der Waals surface area (Å²) in [6.07, 6.45) is 0.881. The van der Waals surface area contributed by atoms with Crippen molar-refractivity contribution in [2.75, 3.05) is 6.61 Å². The van der Waals surface area contributed by atoms with Crippen molar-refractivity contribution in [2.24, 2.45) is 34.5 Å². The molecule has 0 heterocycles. The number of fused-ring (bicyclic) bond motifs is 5. The zero-order chi connectivity index (χ0) is 25.2. The van der Waals surface area contributed by atoms with Crippen LogP contribution in [0.5, 0.6) is 0 Å². The van der Waals surface area contributed by atoms with Crippen molar-refractivity contribution in [2.45, 2.75) is 77.7 Å². The third-order valence-corrected chi connectivity index (χ3v) is 9.38. The highest BCUT2D eigenvalue weighted by molar-refractivity contribution is 6.04. The maximum absolute atomic E-state index is 15.5. The number of carbonyl (C=O) groups excluding carboxylic acids is 3. The zero-order valence-corrected chi connectivity index (χ0v) is 20.1. The molecule has 0 aromatic carbocycles. The van der Waals surface area contributed by atoms with Crippen LogP contribution in [0.4, 0.5) is 8.78 Å². The Morgan fingerprint density at radius 1 is 1.26 bits per heavy atom. The van der Waals surface area contributed by atoms with Gasteiger partial charge in [0.05, 0.1) is 6.10 Å². The lowest BCUT2D eigenvalue weighted by molar-refractivity contribution is -0.206. The van der Waals surface area contributed by atoms with E-state index in [-0.39, 0.29) is 30.8 Å². The minimum Gasteiger partial charge on any atom is -0.450 e. The fraction of sp³-hybridized carbons (Fsp3) is 0.731. The quantitative estimate of drug-likeness (QED) is 0.585. The number of hydrogen-bond acceptors (Lipinski definition) is 6. The number of alkyl halides is 1. The first-order valence-corrected chi connectivity index (χ1v) is 12.2. The number of esters is 1. The molecule has 0 saturated heterocycles. The van der Waals surface area contributed by atoms with Crippen molar-refractivity contribution in [1.29, 1.82) is 0 Å². The lowest BCUT2D eigenvalue weighted by Crippen LogP contribution is -2.65. The molecule has 0 unspecified atom stereocenters. The van der Waals surface area contributed by atoms with Gasteiger partial charge in [-0.2, -0.15) is 0 Å². The van der Waals surface area contributed by atoms with Crippen molar-refractivity contribution in [3.63, 3.8) is 0 Å². The summed E-state index contributed by atoms with van der Waals surface area (Å²) in [4.78, 5) is 37.8. The number of allylic oxidation sites excluding steroid dienone is 4. The van der Waals surface area contributed by atoms with E-state index in [2.05, 4.69) is 0 Å². The molecule has 0 amide bonds. The molecule has 3 saturated carbocycles. The number of halogens is 2. The van der Waals surface area contributed by atoms with Gasteiger partial charge in [-0.1, -0.05) is 33.8 Å². The van der Waals surface area contributed by atoms with E-state index in [0.717, 1.165) is 6.08 Å². The summed E-state index contributed by atoms with van der Waals surface area (Å²) in [6, 6.07) is 0. The molecule has 0 aromatic heterocycles. The first-order valence-electron chi connectivity index (χ1n) is 12.2. The van der Waals surface area contributed by atoms with E-state index in [1.54, 1.807) is 20.8 Å². The number of hydrogen-bond donors (Lipinski definition) is 2. The van der Waals surface area contributed by atoms with Gasteiger partial charge in [0, 0.05) is 34.7 Å². The highest BCUT2D eigenvalue weighted by Gasteiger charge is 2.73. The molecule has 2 N–H and O–H groups in total. The van der Waals surface area contributed by atoms with Gasteiger partial charge in [-0.15, -0.1) is 0 Å². The van der Waals surface area contributed by atoms with Gasteiger partial charge in [-0.05, 0) is 43.6 Å². The summed E-state index contributed by atoms with van der Waals surface area (Å²) in [5, 5.41) is 21.3. The molecule has 34 heavy (non-hydrogen) atoms. The molecule has 8 heteroatoms. The Morgan fingerprint density at radius 3 is 2.56 bits per heavy atom. The van der Waals surface area contributed by atoms with Crippen LogP contribution in [0.25, 0.3) is 0 Å². The van der Waals surface area contributed by atoms with E-state index in [4.69, 9.17) is 4.74 Å². The molecule has 0 radical (unpaired) electrons. The maximum atomic E-state index is 15.5. The molecule has 0 bridgehead atoms. The number of ether oxygens (including phenoxy) is 1. The van der Waals surface area contributed by atoms with Crippen molar-refractivity contribution in [3.8, 4) is 0 Å². The van der Waals surface area contributed by atoms with Crippen LogP contribution >= 0.6 is 0 Å². The number of rotatable bonds is 5. The second-order valence-electron chi connectivity index (χ2n) is 11.1. The molecular formula is C26H34F2O6. The normalized spacial score (nSPS) is 45.5. The van der Waals surface area contributed by atoms with Gasteiger partial charge in [0.25, 0.3) is 0 Å². The van der Waals surface area contributed by atoms with E-state index < -0.39 is 76.4 Å². The molecule has 0 aromatic rings. The van der Waals surface area contributed by atoms with Crippen LogP contribution in [-0.4, -0.2) is 52.2 Å². The average Bonchev–Trinajstić information content (AvgIpc) is 2.97. The number of aliphatic hydroxyl groups is 2. The maximum Gasteiger partial charge on any atom is 0.306 e. The van der Waals surface area contributed by atoms with Gasteiger partial charge in [-0.25, -0.2) is 8.78 Å². The molecule has 0 spiro atoms.